The summed E-state index contributed by atoms with van der Waals surface area (Å²) in [7, 11) is 0. The summed E-state index contributed by atoms with van der Waals surface area (Å²) in [5, 5.41) is 4.79. The monoisotopic (exact) mass is 435 g/mol. The highest BCUT2D eigenvalue weighted by Gasteiger charge is 2.32. The summed E-state index contributed by atoms with van der Waals surface area (Å²) in [6, 6.07) is 6.62. The van der Waals surface area contributed by atoms with Crippen molar-refractivity contribution in [3.63, 3.8) is 0 Å². The van der Waals surface area contributed by atoms with Crippen molar-refractivity contribution < 1.29 is 9.18 Å². The van der Waals surface area contributed by atoms with Gasteiger partial charge in [0.2, 0.25) is 0 Å². The number of anilines is 1. The lowest BCUT2D eigenvalue weighted by Crippen LogP contribution is -2.39. The Labute approximate surface area is 188 Å². The van der Waals surface area contributed by atoms with Crippen molar-refractivity contribution in [2.75, 3.05) is 24.5 Å². The van der Waals surface area contributed by atoms with Gasteiger partial charge in [-0.2, -0.15) is 5.10 Å². The molecule has 2 aromatic heterocycles. The van der Waals surface area contributed by atoms with E-state index in [0.29, 0.717) is 12.5 Å². The normalized spacial score (nSPS) is 21.5. The molecular formula is C25H30FN5O. The number of rotatable bonds is 3. The summed E-state index contributed by atoms with van der Waals surface area (Å²) in [5.41, 5.74) is 3.65. The molecule has 0 spiro atoms. The van der Waals surface area contributed by atoms with E-state index in [1.165, 1.54) is 12.5 Å². The van der Waals surface area contributed by atoms with Crippen LogP contribution in [-0.2, 0) is 0 Å². The van der Waals surface area contributed by atoms with Crippen LogP contribution in [0.4, 0.5) is 10.2 Å². The molecule has 2 aliphatic heterocycles. The van der Waals surface area contributed by atoms with E-state index in [1.54, 1.807) is 17.0 Å². The predicted molar refractivity (Wildman–Crippen MR) is 122 cm³/mol. The van der Waals surface area contributed by atoms with E-state index >= 15 is 0 Å². The highest BCUT2D eigenvalue weighted by molar-refractivity contribution is 5.95. The molecule has 2 fully saturated rings. The molecular weight excluding hydrogens is 405 g/mol. The van der Waals surface area contributed by atoms with Gasteiger partial charge in [-0.15, -0.1) is 0 Å². The minimum atomic E-state index is -0.462. The van der Waals surface area contributed by atoms with E-state index in [-0.39, 0.29) is 17.5 Å². The molecule has 0 saturated carbocycles. The number of benzene rings is 1. The highest BCUT2D eigenvalue weighted by atomic mass is 19.1. The van der Waals surface area contributed by atoms with E-state index in [4.69, 9.17) is 10.1 Å². The number of fused-ring (bicyclic) bond motifs is 1. The predicted octanol–water partition coefficient (Wildman–Crippen LogP) is 4.70. The molecule has 32 heavy (non-hydrogen) atoms. The highest BCUT2D eigenvalue weighted by Crippen LogP contribution is 2.33. The Kier molecular flexibility index (Phi) is 5.35. The fraction of sp³-hybridized carbons (Fsp3) is 0.480. The molecule has 2 atom stereocenters. The molecule has 1 aromatic carbocycles. The van der Waals surface area contributed by atoms with Crippen LogP contribution in [0.1, 0.15) is 65.8 Å². The second-order valence-electron chi connectivity index (χ2n) is 9.45. The fourth-order valence-electron chi connectivity index (χ4n) is 5.06. The van der Waals surface area contributed by atoms with Crippen LogP contribution in [0.15, 0.2) is 30.5 Å². The molecule has 2 aliphatic rings. The zero-order valence-corrected chi connectivity index (χ0v) is 19.0. The minimum Gasteiger partial charge on any atom is -0.356 e. The number of nitrogens with zero attached hydrogens (tertiary/aromatic N) is 5. The average molecular weight is 436 g/mol. The largest absolute Gasteiger partial charge is 0.356 e. The van der Waals surface area contributed by atoms with Gasteiger partial charge in [0, 0.05) is 37.5 Å². The lowest BCUT2D eigenvalue weighted by Gasteiger charge is -2.34. The van der Waals surface area contributed by atoms with Crippen LogP contribution in [0.3, 0.4) is 0 Å². The topological polar surface area (TPSA) is 53.7 Å². The maximum atomic E-state index is 14.5. The third-order valence-corrected chi connectivity index (χ3v) is 6.81. The Morgan fingerprint density at radius 3 is 2.72 bits per heavy atom. The molecule has 5 rings (SSSR count). The summed E-state index contributed by atoms with van der Waals surface area (Å²) >= 11 is 0. The van der Waals surface area contributed by atoms with Crippen LogP contribution in [-0.4, -0.2) is 45.0 Å². The van der Waals surface area contributed by atoms with Crippen molar-refractivity contribution in [2.45, 2.75) is 52.5 Å². The molecule has 0 N–H and O–H groups in total. The van der Waals surface area contributed by atoms with Crippen molar-refractivity contribution in [3.05, 3.63) is 58.7 Å². The second kappa shape index (κ2) is 8.19. The molecule has 3 aromatic rings. The van der Waals surface area contributed by atoms with Crippen molar-refractivity contribution in [2.24, 2.45) is 5.92 Å². The van der Waals surface area contributed by atoms with Gasteiger partial charge in [0.15, 0.2) is 5.65 Å². The number of hydrogen-bond acceptors (Lipinski definition) is 4. The number of carbonyl (C=O) groups is 1. The lowest BCUT2D eigenvalue weighted by atomic mass is 9.98. The van der Waals surface area contributed by atoms with E-state index in [0.717, 1.165) is 60.6 Å². The maximum absolute atomic E-state index is 14.5. The number of aryl methyl sites for hydroxylation is 2. The standard InChI is InChI=1S/C25H30FN5O/c1-16-7-8-19(20(26)12-16)25(32)30-10-5-4-6-22(30)21-13-23-27-24(18(3)15-31(23)28-21)29-11-9-17(2)14-29/h7-8,12-13,15,17,22H,4-6,9-11,14H2,1-3H3/t17-,22-/m0/s1. The number of amides is 1. The number of likely N-dealkylation sites (tertiary alicyclic amines) is 1. The zero-order valence-electron chi connectivity index (χ0n) is 19.0. The summed E-state index contributed by atoms with van der Waals surface area (Å²) in [6.45, 7) is 8.83. The first-order valence-electron chi connectivity index (χ1n) is 11.6. The van der Waals surface area contributed by atoms with E-state index < -0.39 is 5.82 Å². The van der Waals surface area contributed by atoms with Crippen LogP contribution in [0.25, 0.3) is 5.65 Å². The molecule has 0 bridgehead atoms. The van der Waals surface area contributed by atoms with Crippen molar-refractivity contribution in [1.82, 2.24) is 19.5 Å². The lowest BCUT2D eigenvalue weighted by molar-refractivity contribution is 0.0601. The molecule has 7 heteroatoms. The van der Waals surface area contributed by atoms with Gasteiger partial charge in [-0.05, 0) is 63.1 Å². The number of aromatic nitrogens is 3. The first kappa shape index (κ1) is 20.9. The first-order chi connectivity index (χ1) is 15.4. The van der Waals surface area contributed by atoms with Gasteiger partial charge in [-0.25, -0.2) is 13.9 Å². The van der Waals surface area contributed by atoms with E-state index in [1.807, 2.05) is 23.7 Å². The molecule has 2 saturated heterocycles. The summed E-state index contributed by atoms with van der Waals surface area (Å²) in [4.78, 5) is 22.3. The Balaban J connectivity index is 1.47. The van der Waals surface area contributed by atoms with Crippen LogP contribution < -0.4 is 4.90 Å². The number of piperidine rings is 1. The number of hydrogen-bond donors (Lipinski definition) is 0. The fourth-order valence-corrected chi connectivity index (χ4v) is 5.06. The van der Waals surface area contributed by atoms with Crippen LogP contribution in [0.2, 0.25) is 0 Å². The van der Waals surface area contributed by atoms with Crippen molar-refractivity contribution in [1.29, 1.82) is 0 Å². The van der Waals surface area contributed by atoms with Gasteiger partial charge in [0.25, 0.3) is 5.91 Å². The SMILES string of the molecule is Cc1ccc(C(=O)N2CCCC[C@H]2c2cc3nc(N4CC[C@H](C)C4)c(C)cn3n2)c(F)c1. The summed E-state index contributed by atoms with van der Waals surface area (Å²) in [5.74, 6) is 0.972. The number of halogens is 1. The van der Waals surface area contributed by atoms with Crippen LogP contribution in [0.5, 0.6) is 0 Å². The van der Waals surface area contributed by atoms with Gasteiger partial charge >= 0.3 is 0 Å². The zero-order chi connectivity index (χ0) is 22.4. The van der Waals surface area contributed by atoms with Gasteiger partial charge in [-0.3, -0.25) is 4.79 Å². The molecule has 1 amide bonds. The molecule has 6 nitrogen and oxygen atoms in total. The van der Waals surface area contributed by atoms with Crippen molar-refractivity contribution in [3.8, 4) is 0 Å². The third-order valence-electron chi connectivity index (χ3n) is 6.81. The third kappa shape index (κ3) is 3.74. The maximum Gasteiger partial charge on any atom is 0.257 e. The van der Waals surface area contributed by atoms with Gasteiger partial charge in [0.1, 0.15) is 11.6 Å². The first-order valence-corrected chi connectivity index (χ1v) is 11.6. The van der Waals surface area contributed by atoms with Crippen LogP contribution in [0, 0.1) is 25.6 Å². The molecule has 0 aliphatic carbocycles. The van der Waals surface area contributed by atoms with E-state index in [9.17, 15) is 9.18 Å². The van der Waals surface area contributed by atoms with Gasteiger partial charge < -0.3 is 9.80 Å². The Hall–Kier alpha value is -2.96. The summed E-state index contributed by atoms with van der Waals surface area (Å²) < 4.78 is 16.4. The second-order valence-corrected chi connectivity index (χ2v) is 9.45. The number of carbonyl (C=O) groups excluding carboxylic acids is 1. The molecule has 0 radical (unpaired) electrons. The smallest absolute Gasteiger partial charge is 0.257 e. The minimum absolute atomic E-state index is 0.130. The van der Waals surface area contributed by atoms with Gasteiger partial charge in [0.05, 0.1) is 17.3 Å². The van der Waals surface area contributed by atoms with Crippen molar-refractivity contribution >= 4 is 17.4 Å². The van der Waals surface area contributed by atoms with Crippen LogP contribution >= 0.6 is 0 Å². The van der Waals surface area contributed by atoms with E-state index in [2.05, 4.69) is 18.7 Å². The quantitative estimate of drug-likeness (QED) is 0.599. The molecule has 4 heterocycles. The molecule has 0 unspecified atom stereocenters. The average Bonchev–Trinajstić information content (AvgIpc) is 3.38. The summed E-state index contributed by atoms with van der Waals surface area (Å²) in [6.07, 6.45) is 5.96. The molecule has 168 valence electrons. The Bertz CT molecular complexity index is 1170. The Morgan fingerprint density at radius 1 is 1.12 bits per heavy atom. The Morgan fingerprint density at radius 2 is 1.97 bits per heavy atom. The van der Waals surface area contributed by atoms with Gasteiger partial charge in [-0.1, -0.05) is 13.0 Å².